The smallest absolute Gasteiger partial charge is 0.248 e. The third-order valence-corrected chi connectivity index (χ3v) is 7.44. The predicted molar refractivity (Wildman–Crippen MR) is 156 cm³/mol. The van der Waals surface area contributed by atoms with Crippen molar-refractivity contribution in [3.63, 3.8) is 0 Å². The van der Waals surface area contributed by atoms with Gasteiger partial charge in [-0.15, -0.1) is 0 Å². The number of benzene rings is 2. The van der Waals surface area contributed by atoms with E-state index in [2.05, 4.69) is 16.9 Å². The van der Waals surface area contributed by atoms with Crippen molar-refractivity contribution in [2.24, 2.45) is 28.5 Å². The molecule has 2 fully saturated rings. The van der Waals surface area contributed by atoms with E-state index in [0.29, 0.717) is 34.4 Å². The quantitative estimate of drug-likeness (QED) is 0.302. The molecule has 8 nitrogen and oxygen atoms in total. The Bertz CT molecular complexity index is 1360. The van der Waals surface area contributed by atoms with Gasteiger partial charge >= 0.3 is 0 Å². The minimum atomic E-state index is -1.10. The van der Waals surface area contributed by atoms with Gasteiger partial charge < -0.3 is 16.0 Å². The standard InChI is InChI=1S/C29H30Cl2FN5O3/c1-17(30)34-13-12-24(32)25-23(29(40)36(2)22-10-8-19(9-11-22)27(33)38)16-37(15-18-6-7-18)26(25)28(39)35-21-5-3-4-20(31)14-21/h3-5,8-14,18,23,25-26H,1,6-7,15-16H2,2H3,(H2,33,38)(H,35,39)/b24-12-,34-13-/t23-,25?,26?/m1/s1. The van der Waals surface area contributed by atoms with Gasteiger partial charge in [-0.25, -0.2) is 9.38 Å². The van der Waals surface area contributed by atoms with E-state index >= 15 is 4.39 Å². The van der Waals surface area contributed by atoms with Crippen LogP contribution in [0, 0.1) is 17.8 Å². The maximum atomic E-state index is 16.0. The average molecular weight is 586 g/mol. The SMILES string of the molecule is C=C(Cl)/N=C\C=C(/F)C1C(C(=O)Nc2cccc(Cl)c2)N(CC2CC2)C[C@H]1C(=O)N(C)c1ccc(C(N)=O)cc1. The highest BCUT2D eigenvalue weighted by Gasteiger charge is 2.52. The predicted octanol–water partition coefficient (Wildman–Crippen LogP) is 5.00. The molecule has 0 radical (unpaired) electrons. The summed E-state index contributed by atoms with van der Waals surface area (Å²) in [5.41, 5.74) is 6.60. The first kappa shape index (κ1) is 29.5. The van der Waals surface area contributed by atoms with Gasteiger partial charge in [0.15, 0.2) is 0 Å². The lowest BCUT2D eigenvalue weighted by Crippen LogP contribution is -2.44. The molecule has 2 aliphatic rings. The number of amides is 3. The largest absolute Gasteiger partial charge is 0.366 e. The van der Waals surface area contributed by atoms with Crippen molar-refractivity contribution in [1.82, 2.24) is 4.90 Å². The van der Waals surface area contributed by atoms with Gasteiger partial charge in [-0.05, 0) is 67.3 Å². The Morgan fingerprint density at radius 2 is 1.93 bits per heavy atom. The van der Waals surface area contributed by atoms with Crippen LogP contribution >= 0.6 is 23.2 Å². The molecule has 1 saturated carbocycles. The van der Waals surface area contributed by atoms with Gasteiger partial charge in [0.05, 0.1) is 12.0 Å². The van der Waals surface area contributed by atoms with Crippen molar-refractivity contribution in [2.45, 2.75) is 18.9 Å². The Labute approximate surface area is 242 Å². The second kappa shape index (κ2) is 12.8. The first-order chi connectivity index (χ1) is 19.0. The number of hydrogen-bond donors (Lipinski definition) is 2. The van der Waals surface area contributed by atoms with E-state index in [0.717, 1.165) is 25.1 Å². The van der Waals surface area contributed by atoms with E-state index in [-0.39, 0.29) is 17.6 Å². The van der Waals surface area contributed by atoms with E-state index in [1.165, 1.54) is 17.0 Å². The fraction of sp³-hybridized carbons (Fsp3) is 0.310. The molecule has 1 saturated heterocycles. The summed E-state index contributed by atoms with van der Waals surface area (Å²) < 4.78 is 16.0. The zero-order valence-electron chi connectivity index (χ0n) is 21.9. The molecule has 2 unspecified atom stereocenters. The highest BCUT2D eigenvalue weighted by Crippen LogP contribution is 2.41. The third-order valence-electron chi connectivity index (χ3n) is 7.10. The third kappa shape index (κ3) is 7.15. The Morgan fingerprint density at radius 3 is 2.52 bits per heavy atom. The van der Waals surface area contributed by atoms with Crippen LogP contribution in [0.15, 0.2) is 77.2 Å². The first-order valence-corrected chi connectivity index (χ1v) is 13.5. The number of nitrogens with two attached hydrogens (primary N) is 1. The Balaban J connectivity index is 1.69. The topological polar surface area (TPSA) is 108 Å². The zero-order chi connectivity index (χ0) is 29.0. The lowest BCUT2D eigenvalue weighted by atomic mass is 9.87. The van der Waals surface area contributed by atoms with Crippen molar-refractivity contribution < 1.29 is 18.8 Å². The fourth-order valence-electron chi connectivity index (χ4n) is 4.96. The molecular formula is C29H30Cl2FN5O3. The molecule has 2 aromatic rings. The van der Waals surface area contributed by atoms with Gasteiger partial charge in [0.2, 0.25) is 17.7 Å². The minimum Gasteiger partial charge on any atom is -0.366 e. The van der Waals surface area contributed by atoms with Crippen LogP contribution in [0.3, 0.4) is 0 Å². The van der Waals surface area contributed by atoms with E-state index in [1.807, 2.05) is 4.90 Å². The number of aliphatic imine (C=N–C) groups is 1. The molecule has 40 heavy (non-hydrogen) atoms. The van der Waals surface area contributed by atoms with Crippen molar-refractivity contribution >= 4 is 58.5 Å². The number of carbonyl (C=O) groups is 3. The molecule has 0 bridgehead atoms. The Morgan fingerprint density at radius 1 is 1.23 bits per heavy atom. The first-order valence-electron chi connectivity index (χ1n) is 12.8. The highest BCUT2D eigenvalue weighted by molar-refractivity contribution is 6.31. The molecule has 1 aliphatic carbocycles. The normalized spacial score (nSPS) is 21.4. The van der Waals surface area contributed by atoms with E-state index in [4.69, 9.17) is 28.9 Å². The number of rotatable bonds is 10. The number of likely N-dealkylation sites (tertiary alicyclic amines) is 1. The summed E-state index contributed by atoms with van der Waals surface area (Å²) in [5, 5.41) is 3.25. The number of hydrogen-bond acceptors (Lipinski definition) is 5. The highest BCUT2D eigenvalue weighted by atomic mass is 35.5. The number of primary amides is 1. The molecule has 3 N–H and O–H groups in total. The summed E-state index contributed by atoms with van der Waals surface area (Å²) in [4.78, 5) is 46.2. The lowest BCUT2D eigenvalue weighted by Gasteiger charge is -2.27. The molecule has 210 valence electrons. The number of carbonyl (C=O) groups excluding carboxylic acids is 3. The van der Waals surface area contributed by atoms with Gasteiger partial charge in [-0.3, -0.25) is 19.3 Å². The number of nitrogens with one attached hydrogen (secondary N) is 1. The van der Waals surface area contributed by atoms with E-state index < -0.39 is 35.5 Å². The second-order valence-corrected chi connectivity index (χ2v) is 10.9. The molecule has 0 spiro atoms. The Kier molecular flexibility index (Phi) is 9.40. The summed E-state index contributed by atoms with van der Waals surface area (Å²) in [6.07, 6.45) is 4.29. The van der Waals surface area contributed by atoms with Gasteiger partial charge in [0, 0.05) is 54.2 Å². The van der Waals surface area contributed by atoms with Gasteiger partial charge in [-0.2, -0.15) is 0 Å². The van der Waals surface area contributed by atoms with Crippen molar-refractivity contribution in [2.75, 3.05) is 30.4 Å². The van der Waals surface area contributed by atoms with Crippen LogP contribution in [0.25, 0.3) is 0 Å². The van der Waals surface area contributed by atoms with Crippen LogP contribution < -0.4 is 16.0 Å². The number of anilines is 2. The molecule has 4 rings (SSSR count). The summed E-state index contributed by atoms with van der Waals surface area (Å²) in [6.45, 7) is 4.20. The zero-order valence-corrected chi connectivity index (χ0v) is 23.4. The van der Waals surface area contributed by atoms with Crippen molar-refractivity contribution in [3.05, 3.63) is 82.8 Å². The van der Waals surface area contributed by atoms with Crippen LogP contribution in [-0.2, 0) is 9.59 Å². The molecule has 3 amide bonds. The average Bonchev–Trinajstić information content (AvgIpc) is 3.64. The van der Waals surface area contributed by atoms with Crippen LogP contribution in [0.2, 0.25) is 5.02 Å². The van der Waals surface area contributed by atoms with Crippen LogP contribution in [0.1, 0.15) is 23.2 Å². The maximum Gasteiger partial charge on any atom is 0.248 e. The molecule has 2 aromatic carbocycles. The summed E-state index contributed by atoms with van der Waals surface area (Å²) >= 11 is 11.8. The monoisotopic (exact) mass is 585 g/mol. The molecular weight excluding hydrogens is 556 g/mol. The second-order valence-electron chi connectivity index (χ2n) is 9.99. The molecule has 1 aliphatic heterocycles. The number of nitrogens with zero attached hydrogens (tertiary/aromatic N) is 3. The Hall–Kier alpha value is -3.53. The van der Waals surface area contributed by atoms with Gasteiger partial charge in [0.25, 0.3) is 0 Å². The van der Waals surface area contributed by atoms with Crippen LogP contribution in [-0.4, -0.2) is 55.0 Å². The summed E-state index contributed by atoms with van der Waals surface area (Å²) in [6, 6.07) is 11.9. The van der Waals surface area contributed by atoms with Crippen LogP contribution in [0.5, 0.6) is 0 Å². The lowest BCUT2D eigenvalue weighted by molar-refractivity contribution is -0.123. The molecule has 3 atom stereocenters. The maximum absolute atomic E-state index is 16.0. The molecule has 1 heterocycles. The summed E-state index contributed by atoms with van der Waals surface area (Å²) in [5.74, 6) is -3.71. The van der Waals surface area contributed by atoms with Crippen molar-refractivity contribution in [1.29, 1.82) is 0 Å². The van der Waals surface area contributed by atoms with Gasteiger partial charge in [0.1, 0.15) is 11.0 Å². The van der Waals surface area contributed by atoms with Gasteiger partial charge in [-0.1, -0.05) is 35.8 Å². The molecule has 0 aromatic heterocycles. The van der Waals surface area contributed by atoms with Crippen LogP contribution in [0.4, 0.5) is 15.8 Å². The number of allylic oxidation sites excluding steroid dienone is 1. The molecule has 11 heteroatoms. The fourth-order valence-corrected chi connectivity index (χ4v) is 5.21. The van der Waals surface area contributed by atoms with Crippen molar-refractivity contribution in [3.8, 4) is 0 Å². The number of halogens is 3. The summed E-state index contributed by atoms with van der Waals surface area (Å²) in [7, 11) is 1.57. The van der Waals surface area contributed by atoms with E-state index in [1.54, 1.807) is 43.4 Å². The minimum absolute atomic E-state index is 0.0344. The van der Waals surface area contributed by atoms with E-state index in [9.17, 15) is 14.4 Å².